The summed E-state index contributed by atoms with van der Waals surface area (Å²) in [6.45, 7) is 14.3. The summed E-state index contributed by atoms with van der Waals surface area (Å²) in [5.41, 5.74) is 12.0. The Bertz CT molecular complexity index is 3040. The third-order valence-corrected chi connectivity index (χ3v) is 11.4. The van der Waals surface area contributed by atoms with Crippen molar-refractivity contribution in [1.29, 1.82) is 0 Å². The number of hydrogen-bond acceptors (Lipinski definition) is 10. The molecule has 354 valence electrons. The first kappa shape index (κ1) is 48.6. The van der Waals surface area contributed by atoms with Crippen molar-refractivity contribution in [2.75, 3.05) is 9.80 Å². The molecule has 0 aliphatic heterocycles. The highest BCUT2D eigenvalue weighted by Crippen LogP contribution is 2.46. The Balaban J connectivity index is 1.31. The predicted molar refractivity (Wildman–Crippen MR) is 284 cm³/mol. The van der Waals surface area contributed by atoms with Gasteiger partial charge >= 0.3 is 23.9 Å². The molecule has 0 radical (unpaired) electrons. The molecule has 0 aromatic heterocycles. The average Bonchev–Trinajstić information content (AvgIpc) is 3.43. The van der Waals surface area contributed by atoms with E-state index in [9.17, 15) is 19.2 Å². The van der Waals surface area contributed by atoms with Crippen LogP contribution in [0.4, 0.5) is 34.1 Å². The van der Waals surface area contributed by atoms with Gasteiger partial charge in [0.25, 0.3) is 0 Å². The smallest absolute Gasteiger partial charge is 0.335 e. The molecule has 8 rings (SSSR count). The SMILES string of the molecule is C=CC(=O)OCc1ccc(N(c2ccccc2)c2ccc(-c3ccc(N(c4ccccc4)c4ccc(COC(=O)C=C)cc4)cc3-c3ccc(OC(=O)C=C)cc3)c(-c3ccc(OC(=O)C=C)cc3)c2)cc1. The van der Waals surface area contributed by atoms with Crippen LogP contribution >= 0.6 is 0 Å². The summed E-state index contributed by atoms with van der Waals surface area (Å²) in [6, 6.07) is 62.9. The molecule has 0 heterocycles. The lowest BCUT2D eigenvalue weighted by atomic mass is 9.88. The molecule has 0 amide bonds. The Morgan fingerprint density at radius 3 is 1.00 bits per heavy atom. The summed E-state index contributed by atoms with van der Waals surface area (Å²) in [5, 5.41) is 0. The van der Waals surface area contributed by atoms with Crippen molar-refractivity contribution in [3.05, 3.63) is 256 Å². The molecule has 8 aromatic rings. The standard InChI is InChI=1S/C62H48N2O8/c1-5-59(65)69-41-43-19-27-49(28-20-43)63(47-15-11-9-12-16-47)51-31-37-55(57(39-51)45-23-33-53(34-24-45)71-61(67)7-3)56-38-32-52(40-58(56)46-25-35-54(36-26-46)72-62(68)8-4)64(48-17-13-10-14-18-48)50-29-21-44(22-30-50)42-70-60(66)6-2/h5-40H,1-4,41-42H2. The van der Waals surface area contributed by atoms with Crippen LogP contribution in [0.3, 0.4) is 0 Å². The molecule has 0 spiro atoms. The summed E-state index contributed by atoms with van der Waals surface area (Å²) in [5.74, 6) is -1.42. The van der Waals surface area contributed by atoms with Gasteiger partial charge in [-0.1, -0.05) is 123 Å². The van der Waals surface area contributed by atoms with Gasteiger partial charge in [-0.25, -0.2) is 19.2 Å². The van der Waals surface area contributed by atoms with Crippen molar-refractivity contribution in [1.82, 2.24) is 0 Å². The van der Waals surface area contributed by atoms with Crippen molar-refractivity contribution in [3.8, 4) is 44.9 Å². The van der Waals surface area contributed by atoms with E-state index >= 15 is 0 Å². The van der Waals surface area contributed by atoms with Gasteiger partial charge in [0.2, 0.25) is 0 Å². The minimum Gasteiger partial charge on any atom is -0.458 e. The molecule has 0 unspecified atom stereocenters. The second-order valence-electron chi connectivity index (χ2n) is 16.1. The molecule has 0 fully saturated rings. The Labute approximate surface area is 418 Å². The number of carbonyl (C=O) groups excluding carboxylic acids is 4. The number of carbonyl (C=O) groups is 4. The molecule has 72 heavy (non-hydrogen) atoms. The maximum absolute atomic E-state index is 12.2. The first-order valence-electron chi connectivity index (χ1n) is 22.8. The maximum atomic E-state index is 12.2. The second kappa shape index (κ2) is 23.0. The van der Waals surface area contributed by atoms with E-state index in [0.29, 0.717) is 11.5 Å². The van der Waals surface area contributed by atoms with Crippen LogP contribution in [0.2, 0.25) is 0 Å². The van der Waals surface area contributed by atoms with Gasteiger partial charge in [0.15, 0.2) is 0 Å². The molecule has 0 saturated heterocycles. The number of para-hydroxylation sites is 2. The predicted octanol–water partition coefficient (Wildman–Crippen LogP) is 14.3. The van der Waals surface area contributed by atoms with Gasteiger partial charge in [0, 0.05) is 58.4 Å². The van der Waals surface area contributed by atoms with Gasteiger partial charge < -0.3 is 28.7 Å². The molecule has 0 aliphatic carbocycles. The van der Waals surface area contributed by atoms with Gasteiger partial charge in [-0.2, -0.15) is 0 Å². The van der Waals surface area contributed by atoms with Crippen LogP contribution in [0.15, 0.2) is 245 Å². The first-order chi connectivity index (χ1) is 35.1. The normalized spacial score (nSPS) is 10.5. The molecule has 10 nitrogen and oxygen atoms in total. The minimum atomic E-state index is -0.571. The van der Waals surface area contributed by atoms with E-state index in [1.807, 2.05) is 133 Å². The summed E-state index contributed by atoms with van der Waals surface area (Å²) >= 11 is 0. The molecule has 0 N–H and O–H groups in total. The van der Waals surface area contributed by atoms with Gasteiger partial charge in [-0.15, -0.1) is 0 Å². The zero-order valence-corrected chi connectivity index (χ0v) is 39.2. The Kier molecular flexibility index (Phi) is 15.5. The molecule has 0 atom stereocenters. The van der Waals surface area contributed by atoms with E-state index in [4.69, 9.17) is 18.9 Å². The lowest BCUT2D eigenvalue weighted by Crippen LogP contribution is -2.11. The Hall–Kier alpha value is -9.80. The van der Waals surface area contributed by atoms with E-state index in [0.717, 1.165) is 103 Å². The highest BCUT2D eigenvalue weighted by Gasteiger charge is 2.21. The molecule has 0 saturated carbocycles. The van der Waals surface area contributed by atoms with Crippen molar-refractivity contribution >= 4 is 58.0 Å². The Morgan fingerprint density at radius 2 is 0.667 bits per heavy atom. The van der Waals surface area contributed by atoms with E-state index in [1.54, 1.807) is 24.3 Å². The topological polar surface area (TPSA) is 112 Å². The van der Waals surface area contributed by atoms with Crippen LogP contribution in [-0.2, 0) is 41.9 Å². The molecule has 10 heteroatoms. The number of ether oxygens (including phenoxy) is 4. The molecule has 8 aromatic carbocycles. The van der Waals surface area contributed by atoms with Gasteiger partial charge in [-0.3, -0.25) is 0 Å². The van der Waals surface area contributed by atoms with Gasteiger partial charge in [-0.05, 0) is 142 Å². The van der Waals surface area contributed by atoms with Crippen LogP contribution in [0.5, 0.6) is 11.5 Å². The van der Waals surface area contributed by atoms with Crippen LogP contribution in [-0.4, -0.2) is 23.9 Å². The van der Waals surface area contributed by atoms with Crippen molar-refractivity contribution < 1.29 is 38.1 Å². The second-order valence-corrected chi connectivity index (χ2v) is 16.1. The van der Waals surface area contributed by atoms with Gasteiger partial charge in [0.1, 0.15) is 24.7 Å². The first-order valence-corrected chi connectivity index (χ1v) is 22.8. The average molecular weight is 949 g/mol. The highest BCUT2D eigenvalue weighted by atomic mass is 16.5. The molecular formula is C62H48N2O8. The molecule has 0 bridgehead atoms. The highest BCUT2D eigenvalue weighted by molar-refractivity contribution is 5.96. The van der Waals surface area contributed by atoms with Crippen LogP contribution < -0.4 is 19.3 Å². The van der Waals surface area contributed by atoms with E-state index < -0.39 is 23.9 Å². The summed E-state index contributed by atoms with van der Waals surface area (Å²) < 4.78 is 21.6. The lowest BCUT2D eigenvalue weighted by molar-refractivity contribution is -0.139. The zero-order valence-electron chi connectivity index (χ0n) is 39.2. The number of esters is 4. The summed E-state index contributed by atoms with van der Waals surface area (Å²) in [6.07, 6.45) is 4.51. The number of hydrogen-bond donors (Lipinski definition) is 0. The fourth-order valence-electron chi connectivity index (χ4n) is 7.97. The lowest BCUT2D eigenvalue weighted by Gasteiger charge is -2.28. The number of benzene rings is 8. The molecule has 0 aliphatic rings. The molecular weight excluding hydrogens is 901 g/mol. The van der Waals surface area contributed by atoms with Crippen LogP contribution in [0.1, 0.15) is 11.1 Å². The summed E-state index contributed by atoms with van der Waals surface area (Å²) in [7, 11) is 0. The largest absolute Gasteiger partial charge is 0.458 e. The van der Waals surface area contributed by atoms with Crippen LogP contribution in [0.25, 0.3) is 33.4 Å². The monoisotopic (exact) mass is 948 g/mol. The van der Waals surface area contributed by atoms with E-state index in [1.165, 1.54) is 0 Å². The van der Waals surface area contributed by atoms with E-state index in [-0.39, 0.29) is 13.2 Å². The number of anilines is 6. The minimum absolute atomic E-state index is 0.0989. The van der Waals surface area contributed by atoms with Crippen LogP contribution in [0, 0.1) is 0 Å². The fourth-order valence-corrected chi connectivity index (χ4v) is 7.97. The van der Waals surface area contributed by atoms with E-state index in [2.05, 4.69) is 72.5 Å². The van der Waals surface area contributed by atoms with Crippen molar-refractivity contribution in [2.24, 2.45) is 0 Å². The van der Waals surface area contributed by atoms with Gasteiger partial charge in [0.05, 0.1) is 0 Å². The number of rotatable bonds is 19. The third-order valence-electron chi connectivity index (χ3n) is 11.4. The summed E-state index contributed by atoms with van der Waals surface area (Å²) in [4.78, 5) is 52.5. The fraction of sp³-hybridized carbons (Fsp3) is 0.0323. The van der Waals surface area contributed by atoms with Crippen molar-refractivity contribution in [3.63, 3.8) is 0 Å². The zero-order chi connectivity index (χ0) is 50.4. The Morgan fingerprint density at radius 1 is 0.347 bits per heavy atom. The number of nitrogens with zero attached hydrogens (tertiary/aromatic N) is 2. The third kappa shape index (κ3) is 11.7. The van der Waals surface area contributed by atoms with Crippen molar-refractivity contribution in [2.45, 2.75) is 13.2 Å². The quantitative estimate of drug-likeness (QED) is 0.0441. The maximum Gasteiger partial charge on any atom is 0.335 e.